The van der Waals surface area contributed by atoms with Gasteiger partial charge in [0.1, 0.15) is 0 Å². The van der Waals surface area contributed by atoms with Crippen LogP contribution in [0.4, 0.5) is 17.3 Å². The van der Waals surface area contributed by atoms with Crippen molar-refractivity contribution in [1.82, 2.24) is 24.8 Å². The summed E-state index contributed by atoms with van der Waals surface area (Å²) in [6, 6.07) is 13.8. The number of benzene rings is 1. The van der Waals surface area contributed by atoms with Gasteiger partial charge in [-0.15, -0.1) is 0 Å². The predicted molar refractivity (Wildman–Crippen MR) is 146 cm³/mol. The smallest absolute Gasteiger partial charge is 0.257 e. The number of pyridine rings is 2. The number of nitrogens with one attached hydrogen (secondary N) is 2. The van der Waals surface area contributed by atoms with Crippen LogP contribution in [-0.4, -0.2) is 50.9 Å². The molecule has 0 radical (unpaired) electrons. The molecule has 1 saturated heterocycles. The first-order valence-electron chi connectivity index (χ1n) is 12.5. The summed E-state index contributed by atoms with van der Waals surface area (Å²) in [5.74, 6) is 0.691. The number of rotatable bonds is 6. The van der Waals surface area contributed by atoms with Gasteiger partial charge < -0.3 is 15.5 Å². The molecule has 1 aliphatic rings. The van der Waals surface area contributed by atoms with E-state index in [0.717, 1.165) is 41.3 Å². The normalized spacial score (nSPS) is 15.8. The Bertz CT molecular complexity index is 1410. The Morgan fingerprint density at radius 1 is 1.05 bits per heavy atom. The lowest BCUT2D eigenvalue weighted by molar-refractivity contribution is 0.102. The number of amides is 1. The van der Waals surface area contributed by atoms with Gasteiger partial charge in [-0.3, -0.25) is 14.8 Å². The molecule has 0 bridgehead atoms. The van der Waals surface area contributed by atoms with Crippen LogP contribution in [0.15, 0.2) is 67.3 Å². The summed E-state index contributed by atoms with van der Waals surface area (Å²) in [5.41, 5.74) is 6.73. The van der Waals surface area contributed by atoms with Crippen molar-refractivity contribution >= 4 is 23.2 Å². The van der Waals surface area contributed by atoms with Gasteiger partial charge >= 0.3 is 0 Å². The molecule has 4 aromatic rings. The number of likely N-dealkylation sites (tertiary alicyclic amines) is 1. The Balaban J connectivity index is 1.34. The molecule has 8 nitrogen and oxygen atoms in total. The minimum Gasteiger partial charge on any atom is -0.323 e. The van der Waals surface area contributed by atoms with E-state index in [9.17, 15) is 4.79 Å². The lowest BCUT2D eigenvalue weighted by Gasteiger charge is -2.30. The second-order valence-electron chi connectivity index (χ2n) is 9.68. The maximum Gasteiger partial charge on any atom is 0.257 e. The van der Waals surface area contributed by atoms with E-state index in [4.69, 9.17) is 0 Å². The quantitative estimate of drug-likeness (QED) is 0.373. The Hall–Kier alpha value is -4.17. The average Bonchev–Trinajstić information content (AvgIpc) is 2.90. The summed E-state index contributed by atoms with van der Waals surface area (Å²) in [4.78, 5) is 33.1. The molecule has 5 rings (SSSR count). The van der Waals surface area contributed by atoms with E-state index in [1.165, 1.54) is 18.4 Å². The Labute approximate surface area is 217 Å². The predicted octanol–water partition coefficient (Wildman–Crippen LogP) is 5.36. The number of piperidine rings is 1. The average molecular weight is 494 g/mol. The van der Waals surface area contributed by atoms with Gasteiger partial charge in [0.25, 0.3) is 5.91 Å². The van der Waals surface area contributed by atoms with Crippen molar-refractivity contribution in [3.8, 4) is 11.3 Å². The molecule has 1 unspecified atom stereocenters. The fraction of sp³-hybridized carbons (Fsp3) is 0.276. The highest BCUT2D eigenvalue weighted by atomic mass is 16.1. The van der Waals surface area contributed by atoms with Gasteiger partial charge in [0.05, 0.1) is 22.6 Å². The number of hydrogen-bond acceptors (Lipinski definition) is 7. The lowest BCUT2D eigenvalue weighted by atomic mass is 9.89. The molecule has 1 atom stereocenters. The maximum atomic E-state index is 13.2. The molecule has 3 aromatic heterocycles. The summed E-state index contributed by atoms with van der Waals surface area (Å²) in [7, 11) is 2.17. The second kappa shape index (κ2) is 10.8. The van der Waals surface area contributed by atoms with Crippen molar-refractivity contribution in [3.63, 3.8) is 0 Å². The zero-order valence-electron chi connectivity index (χ0n) is 21.4. The van der Waals surface area contributed by atoms with Gasteiger partial charge in [-0.2, -0.15) is 0 Å². The fourth-order valence-electron chi connectivity index (χ4n) is 4.76. The molecule has 1 aliphatic heterocycles. The molecular weight excluding hydrogens is 462 g/mol. The van der Waals surface area contributed by atoms with Gasteiger partial charge in [-0.1, -0.05) is 6.07 Å². The van der Waals surface area contributed by atoms with Crippen LogP contribution in [-0.2, 0) is 0 Å². The summed E-state index contributed by atoms with van der Waals surface area (Å²) in [6.07, 6.45) is 9.12. The van der Waals surface area contributed by atoms with Crippen LogP contribution in [0.25, 0.3) is 11.3 Å². The standard InChI is InChI=1S/C29H31N7O/c1-19-12-23(22-7-5-11-36(3)18-22)14-25(13-19)33-28(37)24-15-27(20(2)32-17-24)35-29-31-10-8-26(34-29)21-6-4-9-30-16-21/h4,6,8-10,12-17,22H,5,7,11,18H2,1-3H3,(H,33,37)(H,31,34,35). The third kappa shape index (κ3) is 5.98. The summed E-state index contributed by atoms with van der Waals surface area (Å²) in [5, 5.41) is 6.29. The Kier molecular flexibility index (Phi) is 7.18. The highest BCUT2D eigenvalue weighted by molar-refractivity contribution is 6.04. The van der Waals surface area contributed by atoms with Crippen LogP contribution in [0.2, 0.25) is 0 Å². The maximum absolute atomic E-state index is 13.2. The summed E-state index contributed by atoms with van der Waals surface area (Å²) < 4.78 is 0. The molecule has 1 fully saturated rings. The number of hydrogen-bond donors (Lipinski definition) is 2. The van der Waals surface area contributed by atoms with Crippen molar-refractivity contribution in [2.75, 3.05) is 30.8 Å². The number of likely N-dealkylation sites (N-methyl/N-ethyl adjacent to an activating group) is 1. The number of aromatic nitrogens is 4. The zero-order chi connectivity index (χ0) is 25.8. The number of carbonyl (C=O) groups excluding carboxylic acids is 1. The Morgan fingerprint density at radius 3 is 2.76 bits per heavy atom. The number of anilines is 3. The number of nitrogens with zero attached hydrogens (tertiary/aromatic N) is 5. The van der Waals surface area contributed by atoms with E-state index >= 15 is 0 Å². The van der Waals surface area contributed by atoms with E-state index in [1.54, 1.807) is 30.9 Å². The van der Waals surface area contributed by atoms with Gasteiger partial charge in [-0.05, 0) is 93.7 Å². The van der Waals surface area contributed by atoms with Crippen LogP contribution in [0, 0.1) is 13.8 Å². The summed E-state index contributed by atoms with van der Waals surface area (Å²) in [6.45, 7) is 6.13. The van der Waals surface area contributed by atoms with E-state index in [1.807, 2.05) is 31.2 Å². The van der Waals surface area contributed by atoms with Gasteiger partial charge in [0.15, 0.2) is 0 Å². The molecule has 188 valence electrons. The first-order valence-corrected chi connectivity index (χ1v) is 12.5. The van der Waals surface area contributed by atoms with Crippen molar-refractivity contribution in [2.45, 2.75) is 32.6 Å². The van der Waals surface area contributed by atoms with Gasteiger partial charge in [0, 0.05) is 42.6 Å². The molecule has 1 aromatic carbocycles. The molecule has 4 heterocycles. The lowest BCUT2D eigenvalue weighted by Crippen LogP contribution is -2.30. The van der Waals surface area contributed by atoms with Crippen molar-refractivity contribution < 1.29 is 4.79 Å². The minimum absolute atomic E-state index is 0.210. The van der Waals surface area contributed by atoms with E-state index in [-0.39, 0.29) is 5.91 Å². The second-order valence-corrected chi connectivity index (χ2v) is 9.68. The van der Waals surface area contributed by atoms with Crippen molar-refractivity contribution in [2.24, 2.45) is 0 Å². The first-order chi connectivity index (χ1) is 17.9. The molecule has 2 N–H and O–H groups in total. The van der Waals surface area contributed by atoms with E-state index in [2.05, 4.69) is 61.6 Å². The third-order valence-electron chi connectivity index (χ3n) is 6.66. The third-order valence-corrected chi connectivity index (χ3v) is 6.66. The fourth-order valence-corrected chi connectivity index (χ4v) is 4.76. The highest BCUT2D eigenvalue weighted by Crippen LogP contribution is 2.29. The molecule has 37 heavy (non-hydrogen) atoms. The van der Waals surface area contributed by atoms with E-state index < -0.39 is 0 Å². The Morgan fingerprint density at radius 2 is 1.95 bits per heavy atom. The van der Waals surface area contributed by atoms with Crippen LogP contribution in [0.3, 0.4) is 0 Å². The van der Waals surface area contributed by atoms with Crippen molar-refractivity contribution in [3.05, 3.63) is 89.6 Å². The monoisotopic (exact) mass is 493 g/mol. The summed E-state index contributed by atoms with van der Waals surface area (Å²) >= 11 is 0. The van der Waals surface area contributed by atoms with E-state index in [0.29, 0.717) is 23.1 Å². The topological polar surface area (TPSA) is 95.9 Å². The van der Waals surface area contributed by atoms with Crippen molar-refractivity contribution in [1.29, 1.82) is 0 Å². The van der Waals surface area contributed by atoms with Crippen LogP contribution in [0.5, 0.6) is 0 Å². The van der Waals surface area contributed by atoms with Crippen LogP contribution >= 0.6 is 0 Å². The minimum atomic E-state index is -0.210. The van der Waals surface area contributed by atoms with Gasteiger partial charge in [0.2, 0.25) is 5.95 Å². The van der Waals surface area contributed by atoms with Crippen LogP contribution in [0.1, 0.15) is 45.9 Å². The number of aryl methyl sites for hydroxylation is 2. The SMILES string of the molecule is Cc1cc(NC(=O)c2cnc(C)c(Nc3nccc(-c4cccnc4)n3)c2)cc(C2CCCN(C)C2)c1. The molecule has 0 spiro atoms. The largest absolute Gasteiger partial charge is 0.323 e. The highest BCUT2D eigenvalue weighted by Gasteiger charge is 2.20. The molecule has 0 aliphatic carbocycles. The zero-order valence-corrected chi connectivity index (χ0v) is 21.4. The molecule has 8 heteroatoms. The number of carbonyl (C=O) groups is 1. The molecular formula is C29H31N7O. The van der Waals surface area contributed by atoms with Gasteiger partial charge in [-0.25, -0.2) is 9.97 Å². The molecule has 0 saturated carbocycles. The van der Waals surface area contributed by atoms with Crippen LogP contribution < -0.4 is 10.6 Å². The first kappa shape index (κ1) is 24.5. The molecule has 1 amide bonds.